The van der Waals surface area contributed by atoms with E-state index in [1.54, 1.807) is 0 Å². The highest BCUT2D eigenvalue weighted by Crippen LogP contribution is 2.30. The third-order valence-corrected chi connectivity index (χ3v) is 1.96. The third kappa shape index (κ3) is 1.61. The van der Waals surface area contributed by atoms with Crippen molar-refractivity contribution in [2.24, 2.45) is 11.7 Å². The highest BCUT2D eigenvalue weighted by Gasteiger charge is 2.29. The predicted octanol–water partition coefficient (Wildman–Crippen LogP) is 1.38. The lowest BCUT2D eigenvalue weighted by Crippen LogP contribution is -2.40. The van der Waals surface area contributed by atoms with Crippen molar-refractivity contribution in [1.82, 2.24) is 0 Å². The van der Waals surface area contributed by atoms with Gasteiger partial charge < -0.3 is 5.73 Å². The van der Waals surface area contributed by atoms with Gasteiger partial charge in [0.05, 0.1) is 0 Å². The predicted molar refractivity (Wildman–Crippen MR) is 31.3 cm³/mol. The molecule has 0 spiro atoms. The molecule has 2 unspecified atom stereocenters. The fraction of sp³-hybridized carbons (Fsp3) is 1.00. The van der Waals surface area contributed by atoms with E-state index >= 15 is 0 Å². The van der Waals surface area contributed by atoms with Crippen molar-refractivity contribution in [3.8, 4) is 0 Å². The van der Waals surface area contributed by atoms with Gasteiger partial charge in [0.25, 0.3) is 0 Å². The van der Waals surface area contributed by atoms with Crippen LogP contribution in [0.2, 0.25) is 0 Å². The largest absolute Gasteiger partial charge is 0.327 e. The van der Waals surface area contributed by atoms with Gasteiger partial charge in [-0.1, -0.05) is 0 Å². The van der Waals surface area contributed by atoms with Gasteiger partial charge in [-0.3, -0.25) is 0 Å². The molecule has 0 aromatic carbocycles. The summed E-state index contributed by atoms with van der Waals surface area (Å²) in [6, 6.07) is 0.0546. The normalized spacial score (nSPS) is 34.7. The van der Waals surface area contributed by atoms with Crippen LogP contribution in [0.1, 0.15) is 19.3 Å². The molecule has 0 aromatic heterocycles. The summed E-state index contributed by atoms with van der Waals surface area (Å²) in [5.74, 6) is 0.102. The minimum Gasteiger partial charge on any atom is -0.327 e. The summed E-state index contributed by atoms with van der Waals surface area (Å²) in [7, 11) is 0. The Kier molecular flexibility index (Phi) is 2.01. The second kappa shape index (κ2) is 2.60. The van der Waals surface area contributed by atoms with Gasteiger partial charge in [-0.2, -0.15) is 0 Å². The zero-order chi connectivity index (χ0) is 6.85. The second-order valence-corrected chi connectivity index (χ2v) is 2.63. The molecule has 1 nitrogen and oxygen atoms in total. The molecule has 1 rings (SSSR count). The van der Waals surface area contributed by atoms with Gasteiger partial charge in [-0.05, 0) is 18.8 Å². The van der Waals surface area contributed by atoms with E-state index in [0.717, 1.165) is 12.8 Å². The minimum absolute atomic E-state index is 0.00116. The highest BCUT2D eigenvalue weighted by molar-refractivity contribution is 4.83. The molecule has 1 saturated carbocycles. The molecule has 0 radical (unpaired) electrons. The van der Waals surface area contributed by atoms with Crippen LogP contribution in [0.3, 0.4) is 0 Å². The summed E-state index contributed by atoms with van der Waals surface area (Å²) >= 11 is 0. The summed E-state index contributed by atoms with van der Waals surface area (Å²) in [5.41, 5.74) is 5.44. The molecule has 0 heterocycles. The first kappa shape index (κ1) is 6.93. The summed E-state index contributed by atoms with van der Waals surface area (Å²) in [6.07, 6.45) is -0.342. The number of halogens is 2. The van der Waals surface area contributed by atoms with E-state index in [4.69, 9.17) is 5.73 Å². The fourth-order valence-electron chi connectivity index (χ4n) is 1.12. The van der Waals surface area contributed by atoms with Gasteiger partial charge in [0.1, 0.15) is 0 Å². The summed E-state index contributed by atoms with van der Waals surface area (Å²) in [5, 5.41) is 0. The number of rotatable bonds is 2. The molecule has 1 aliphatic carbocycles. The maximum atomic E-state index is 11.6. The summed E-state index contributed by atoms with van der Waals surface area (Å²) < 4.78 is 23.2. The Labute approximate surface area is 53.2 Å². The van der Waals surface area contributed by atoms with E-state index in [2.05, 4.69) is 0 Å². The molecule has 54 valence electrons. The van der Waals surface area contributed by atoms with Crippen molar-refractivity contribution in [2.75, 3.05) is 0 Å². The SMILES string of the molecule is NC1CCC1CC(F)F. The number of hydrogen-bond donors (Lipinski definition) is 1. The summed E-state index contributed by atoms with van der Waals surface area (Å²) in [4.78, 5) is 0. The quantitative estimate of drug-likeness (QED) is 0.608. The van der Waals surface area contributed by atoms with E-state index in [0.29, 0.717) is 0 Å². The minimum atomic E-state index is -2.17. The van der Waals surface area contributed by atoms with Crippen molar-refractivity contribution in [3.05, 3.63) is 0 Å². The topological polar surface area (TPSA) is 26.0 Å². The van der Waals surface area contributed by atoms with E-state index in [9.17, 15) is 8.78 Å². The van der Waals surface area contributed by atoms with Gasteiger partial charge >= 0.3 is 0 Å². The first-order valence-corrected chi connectivity index (χ1v) is 3.24. The Morgan fingerprint density at radius 2 is 2.11 bits per heavy atom. The first-order chi connectivity index (χ1) is 4.20. The molecular weight excluding hydrogens is 124 g/mol. The maximum Gasteiger partial charge on any atom is 0.239 e. The monoisotopic (exact) mass is 135 g/mol. The molecule has 0 aromatic rings. The standard InChI is InChI=1S/C6H11F2N/c7-6(8)3-4-1-2-5(4)9/h4-6H,1-3,9H2. The maximum absolute atomic E-state index is 11.6. The van der Waals surface area contributed by atoms with Gasteiger partial charge in [-0.15, -0.1) is 0 Å². The van der Waals surface area contributed by atoms with Gasteiger partial charge in [-0.25, -0.2) is 8.78 Å². The fourth-order valence-corrected chi connectivity index (χ4v) is 1.12. The van der Waals surface area contributed by atoms with Gasteiger partial charge in [0.2, 0.25) is 6.43 Å². The lowest BCUT2D eigenvalue weighted by Gasteiger charge is -2.33. The lowest BCUT2D eigenvalue weighted by atomic mass is 9.78. The third-order valence-electron chi connectivity index (χ3n) is 1.96. The summed E-state index contributed by atoms with van der Waals surface area (Å²) in [6.45, 7) is 0. The number of alkyl halides is 2. The Morgan fingerprint density at radius 3 is 2.22 bits per heavy atom. The van der Waals surface area contributed by atoms with Crippen LogP contribution in [-0.4, -0.2) is 12.5 Å². The van der Waals surface area contributed by atoms with Crippen molar-refractivity contribution < 1.29 is 8.78 Å². The van der Waals surface area contributed by atoms with Crippen LogP contribution in [0.15, 0.2) is 0 Å². The van der Waals surface area contributed by atoms with E-state index in [-0.39, 0.29) is 18.4 Å². The molecule has 1 aliphatic rings. The van der Waals surface area contributed by atoms with Crippen molar-refractivity contribution in [3.63, 3.8) is 0 Å². The Morgan fingerprint density at radius 1 is 1.44 bits per heavy atom. The lowest BCUT2D eigenvalue weighted by molar-refractivity contribution is 0.0817. The Balaban J connectivity index is 2.13. The van der Waals surface area contributed by atoms with Crippen LogP contribution in [0, 0.1) is 5.92 Å². The zero-order valence-corrected chi connectivity index (χ0v) is 5.19. The average molecular weight is 135 g/mol. The van der Waals surface area contributed by atoms with Gasteiger partial charge in [0, 0.05) is 12.5 Å². The number of hydrogen-bond acceptors (Lipinski definition) is 1. The number of nitrogens with two attached hydrogens (primary N) is 1. The Hall–Kier alpha value is -0.180. The van der Waals surface area contributed by atoms with Crippen molar-refractivity contribution in [1.29, 1.82) is 0 Å². The van der Waals surface area contributed by atoms with Crippen LogP contribution in [0.4, 0.5) is 8.78 Å². The smallest absolute Gasteiger partial charge is 0.239 e. The van der Waals surface area contributed by atoms with E-state index in [1.807, 2.05) is 0 Å². The van der Waals surface area contributed by atoms with Crippen LogP contribution in [0.5, 0.6) is 0 Å². The molecule has 0 saturated heterocycles. The molecule has 0 aliphatic heterocycles. The Bertz CT molecular complexity index is 95.1. The van der Waals surface area contributed by atoms with Crippen molar-refractivity contribution >= 4 is 0 Å². The molecule has 0 amide bonds. The molecular formula is C6H11F2N. The zero-order valence-electron chi connectivity index (χ0n) is 5.19. The molecule has 2 N–H and O–H groups in total. The molecule has 9 heavy (non-hydrogen) atoms. The average Bonchev–Trinajstić information content (AvgIpc) is 1.79. The second-order valence-electron chi connectivity index (χ2n) is 2.63. The van der Waals surface area contributed by atoms with Crippen LogP contribution in [-0.2, 0) is 0 Å². The van der Waals surface area contributed by atoms with E-state index in [1.165, 1.54) is 0 Å². The molecule has 3 heteroatoms. The van der Waals surface area contributed by atoms with Crippen LogP contribution < -0.4 is 5.73 Å². The van der Waals surface area contributed by atoms with Crippen molar-refractivity contribution in [2.45, 2.75) is 31.7 Å². The molecule has 1 fully saturated rings. The van der Waals surface area contributed by atoms with Gasteiger partial charge in [0.15, 0.2) is 0 Å². The molecule has 2 atom stereocenters. The van der Waals surface area contributed by atoms with Crippen LogP contribution in [0.25, 0.3) is 0 Å². The first-order valence-electron chi connectivity index (χ1n) is 3.24. The van der Waals surface area contributed by atoms with E-state index < -0.39 is 6.43 Å². The highest BCUT2D eigenvalue weighted by atomic mass is 19.3. The molecule has 0 bridgehead atoms. The van der Waals surface area contributed by atoms with Crippen LogP contribution >= 0.6 is 0 Å².